The van der Waals surface area contributed by atoms with Crippen LogP contribution in [0.3, 0.4) is 0 Å². The lowest BCUT2D eigenvalue weighted by atomic mass is 9.44. The molecule has 4 aliphatic rings. The number of ketones is 1. The van der Waals surface area contributed by atoms with Gasteiger partial charge in [-0.1, -0.05) is 41.2 Å². The van der Waals surface area contributed by atoms with Gasteiger partial charge in [-0.2, -0.15) is 0 Å². The summed E-state index contributed by atoms with van der Waals surface area (Å²) in [5.74, 6) is -1.01. The van der Waals surface area contributed by atoms with Gasteiger partial charge in [0.2, 0.25) is 0 Å². The molecular formula is C36H54O9. The topological polar surface area (TPSA) is 122 Å². The average molecular weight is 631 g/mol. The highest BCUT2D eigenvalue weighted by molar-refractivity contribution is 5.83. The number of ether oxygens (including phenoxy) is 4. The van der Waals surface area contributed by atoms with Crippen LogP contribution in [-0.2, 0) is 42.9 Å². The van der Waals surface area contributed by atoms with Gasteiger partial charge in [0.25, 0.3) is 0 Å². The van der Waals surface area contributed by atoms with Crippen LogP contribution in [0.4, 0.5) is 0 Å². The van der Waals surface area contributed by atoms with Gasteiger partial charge < -0.3 is 18.9 Å². The van der Waals surface area contributed by atoms with Gasteiger partial charge in [0.1, 0.15) is 24.1 Å². The molecule has 0 aromatic rings. The summed E-state index contributed by atoms with van der Waals surface area (Å²) in [6, 6.07) is 0. The molecule has 4 fully saturated rings. The Morgan fingerprint density at radius 1 is 0.800 bits per heavy atom. The summed E-state index contributed by atoms with van der Waals surface area (Å²) in [5, 5.41) is 0. The standard InChI is InChI=1S/C36H54O9/c1-18(2)19(3)33(44-23(7)39)34(45-24(8)40)20(4)26-11-12-27-25-15-30(41)29-16-31(42-21(5)37)32(43-22(6)38)17-36(29,10)28(25)13-14-35(26,27)9/h18-19,25-29,31-34H,4,11-17H2,1-3,5-10H3/t19-,25-,26+,27-,28-,29+,31-,32+,33+,34+,35+,36+/m0/s1. The molecule has 0 aromatic carbocycles. The Labute approximate surface area is 268 Å². The molecule has 4 saturated carbocycles. The highest BCUT2D eigenvalue weighted by Gasteiger charge is 2.64. The number of rotatable bonds is 9. The predicted octanol–water partition coefficient (Wildman–Crippen LogP) is 6.01. The first-order valence-corrected chi connectivity index (χ1v) is 16.8. The van der Waals surface area contributed by atoms with Crippen molar-refractivity contribution in [3.63, 3.8) is 0 Å². The Morgan fingerprint density at radius 2 is 1.38 bits per heavy atom. The lowest BCUT2D eigenvalue weighted by molar-refractivity contribution is -0.195. The number of esters is 4. The first kappa shape index (κ1) is 35.1. The molecule has 252 valence electrons. The van der Waals surface area contributed by atoms with E-state index < -0.39 is 48.3 Å². The van der Waals surface area contributed by atoms with E-state index in [1.807, 2.05) is 6.92 Å². The molecule has 0 spiro atoms. The number of hydrogen-bond acceptors (Lipinski definition) is 9. The first-order valence-electron chi connectivity index (χ1n) is 16.8. The molecule has 9 nitrogen and oxygen atoms in total. The minimum absolute atomic E-state index is 0.0272. The van der Waals surface area contributed by atoms with Crippen LogP contribution in [0, 0.1) is 52.3 Å². The van der Waals surface area contributed by atoms with E-state index >= 15 is 0 Å². The molecule has 4 rings (SSSR count). The molecule has 0 aliphatic heterocycles. The Morgan fingerprint density at radius 3 is 1.93 bits per heavy atom. The summed E-state index contributed by atoms with van der Waals surface area (Å²) in [6.45, 7) is 20.6. The molecular weight excluding hydrogens is 576 g/mol. The van der Waals surface area contributed by atoms with Crippen molar-refractivity contribution in [1.29, 1.82) is 0 Å². The zero-order valence-corrected chi connectivity index (χ0v) is 28.7. The quantitative estimate of drug-likeness (QED) is 0.171. The van der Waals surface area contributed by atoms with Crippen molar-refractivity contribution >= 4 is 29.7 Å². The van der Waals surface area contributed by atoms with Gasteiger partial charge in [-0.05, 0) is 90.4 Å². The van der Waals surface area contributed by atoms with Crippen molar-refractivity contribution in [2.24, 2.45) is 52.3 Å². The van der Waals surface area contributed by atoms with E-state index in [4.69, 9.17) is 18.9 Å². The van der Waals surface area contributed by atoms with Crippen LogP contribution >= 0.6 is 0 Å². The molecule has 12 atom stereocenters. The summed E-state index contributed by atoms with van der Waals surface area (Å²) in [7, 11) is 0. The summed E-state index contributed by atoms with van der Waals surface area (Å²) in [5.41, 5.74) is 0.225. The molecule has 0 N–H and O–H groups in total. The van der Waals surface area contributed by atoms with E-state index in [0.717, 1.165) is 31.3 Å². The predicted molar refractivity (Wildman–Crippen MR) is 166 cm³/mol. The van der Waals surface area contributed by atoms with Gasteiger partial charge in [0.15, 0.2) is 6.10 Å². The van der Waals surface area contributed by atoms with E-state index in [9.17, 15) is 24.0 Å². The highest BCUT2D eigenvalue weighted by Crippen LogP contribution is 2.68. The fourth-order valence-electron chi connectivity index (χ4n) is 10.1. The molecule has 0 unspecified atom stereocenters. The Bertz CT molecular complexity index is 1210. The molecule has 9 heteroatoms. The van der Waals surface area contributed by atoms with E-state index in [-0.39, 0.29) is 58.0 Å². The minimum atomic E-state index is -0.766. The van der Waals surface area contributed by atoms with Crippen molar-refractivity contribution < 1.29 is 42.9 Å². The normalized spacial score (nSPS) is 37.6. The fraction of sp³-hybridized carbons (Fsp3) is 0.806. The molecule has 0 amide bonds. The maximum Gasteiger partial charge on any atom is 0.303 e. The van der Waals surface area contributed by atoms with E-state index in [1.165, 1.54) is 27.7 Å². The largest absolute Gasteiger partial charge is 0.459 e. The molecule has 0 aromatic heterocycles. The zero-order chi connectivity index (χ0) is 33.6. The Kier molecular flexibility index (Phi) is 10.3. The van der Waals surface area contributed by atoms with Crippen LogP contribution in [0.2, 0.25) is 0 Å². The highest BCUT2D eigenvalue weighted by atomic mass is 16.6. The monoisotopic (exact) mass is 630 g/mol. The van der Waals surface area contributed by atoms with Crippen LogP contribution in [0.1, 0.15) is 107 Å². The molecule has 0 radical (unpaired) electrons. The number of Topliss-reactive ketones (excluding diaryl/α,β-unsaturated/α-hetero) is 1. The average Bonchev–Trinajstić information content (AvgIpc) is 3.27. The number of carbonyl (C=O) groups excluding carboxylic acids is 5. The van der Waals surface area contributed by atoms with Gasteiger partial charge in [-0.3, -0.25) is 24.0 Å². The van der Waals surface area contributed by atoms with Crippen LogP contribution in [0.25, 0.3) is 0 Å². The number of hydrogen-bond donors (Lipinski definition) is 0. The SMILES string of the molecule is C=C([C@@H](OC(C)=O)[C@H](OC(C)=O)[C@@H](C)C(C)C)[C@H]1CC[C@H]2[C@@H]3CC(=O)[C@H]4C[C@H](OC(C)=O)[C@H](OC(C)=O)C[C@]4(C)[C@H]3CC[C@]12C. The van der Waals surface area contributed by atoms with Crippen molar-refractivity contribution in [2.75, 3.05) is 0 Å². The summed E-state index contributed by atoms with van der Waals surface area (Å²) < 4.78 is 23.1. The third-order valence-electron chi connectivity index (χ3n) is 12.3. The van der Waals surface area contributed by atoms with Crippen LogP contribution in [-0.4, -0.2) is 54.1 Å². The van der Waals surface area contributed by atoms with Gasteiger partial charge in [-0.25, -0.2) is 0 Å². The second-order valence-electron chi connectivity index (χ2n) is 15.3. The lowest BCUT2D eigenvalue weighted by Gasteiger charge is -2.61. The maximum atomic E-state index is 13.9. The number of carbonyl (C=O) groups is 5. The van der Waals surface area contributed by atoms with Gasteiger partial charge >= 0.3 is 23.9 Å². The third-order valence-corrected chi connectivity index (χ3v) is 12.3. The van der Waals surface area contributed by atoms with Crippen LogP contribution in [0.15, 0.2) is 12.2 Å². The van der Waals surface area contributed by atoms with Crippen molar-refractivity contribution in [1.82, 2.24) is 0 Å². The molecule has 0 heterocycles. The zero-order valence-electron chi connectivity index (χ0n) is 28.7. The van der Waals surface area contributed by atoms with Crippen molar-refractivity contribution in [2.45, 2.75) is 132 Å². The molecule has 45 heavy (non-hydrogen) atoms. The maximum absolute atomic E-state index is 13.9. The molecule has 4 aliphatic carbocycles. The first-order chi connectivity index (χ1) is 20.9. The van der Waals surface area contributed by atoms with Crippen LogP contribution < -0.4 is 0 Å². The Hall–Kier alpha value is -2.71. The summed E-state index contributed by atoms with van der Waals surface area (Å²) >= 11 is 0. The van der Waals surface area contributed by atoms with Gasteiger partial charge in [-0.15, -0.1) is 0 Å². The summed E-state index contributed by atoms with van der Waals surface area (Å²) in [4.78, 5) is 62.5. The molecule has 0 saturated heterocycles. The van der Waals surface area contributed by atoms with Gasteiger partial charge in [0, 0.05) is 40.0 Å². The number of fused-ring (bicyclic) bond motifs is 5. The minimum Gasteiger partial charge on any atom is -0.459 e. The second kappa shape index (κ2) is 13.2. The van der Waals surface area contributed by atoms with E-state index in [2.05, 4.69) is 34.3 Å². The van der Waals surface area contributed by atoms with Crippen LogP contribution in [0.5, 0.6) is 0 Å². The second-order valence-corrected chi connectivity index (χ2v) is 15.3. The summed E-state index contributed by atoms with van der Waals surface area (Å²) in [6.07, 6.45) is 2.27. The fourth-order valence-corrected chi connectivity index (χ4v) is 10.1. The van der Waals surface area contributed by atoms with Gasteiger partial charge in [0.05, 0.1) is 0 Å². The Balaban J connectivity index is 1.63. The van der Waals surface area contributed by atoms with Crippen molar-refractivity contribution in [3.05, 3.63) is 12.2 Å². The third kappa shape index (κ3) is 6.73. The van der Waals surface area contributed by atoms with Crippen molar-refractivity contribution in [3.8, 4) is 0 Å². The smallest absolute Gasteiger partial charge is 0.303 e. The van der Waals surface area contributed by atoms with E-state index in [1.54, 1.807) is 0 Å². The van der Waals surface area contributed by atoms with E-state index in [0.29, 0.717) is 19.3 Å². The molecule has 0 bridgehead atoms. The lowest BCUT2D eigenvalue weighted by Crippen LogP contribution is -2.60.